The molecular weight excluding hydrogens is 380 g/mol. The Morgan fingerprint density at radius 3 is 2.29 bits per heavy atom. The highest BCUT2D eigenvalue weighted by Crippen LogP contribution is 2.28. The SMILES string of the molecule is CCOc1ccccc1NC(=O)[C@H](CC)N(c1ccc(OC)cc1)S(C)(=O)=O. The quantitative estimate of drug-likeness (QED) is 0.691. The van der Waals surface area contributed by atoms with Crippen molar-refractivity contribution in [3.8, 4) is 11.5 Å². The molecule has 0 spiro atoms. The van der Waals surface area contributed by atoms with Crippen LogP contribution in [0.2, 0.25) is 0 Å². The number of hydrogen-bond donors (Lipinski definition) is 1. The average molecular weight is 407 g/mol. The monoisotopic (exact) mass is 406 g/mol. The highest BCUT2D eigenvalue weighted by atomic mass is 32.2. The van der Waals surface area contributed by atoms with E-state index in [4.69, 9.17) is 9.47 Å². The van der Waals surface area contributed by atoms with E-state index in [1.165, 1.54) is 7.11 Å². The van der Waals surface area contributed by atoms with Crippen LogP contribution < -0.4 is 19.1 Å². The van der Waals surface area contributed by atoms with Crippen molar-refractivity contribution >= 4 is 27.3 Å². The van der Waals surface area contributed by atoms with Gasteiger partial charge in [-0.1, -0.05) is 19.1 Å². The number of amides is 1. The lowest BCUT2D eigenvalue weighted by Crippen LogP contribution is -2.47. The molecule has 1 atom stereocenters. The van der Waals surface area contributed by atoms with Crippen LogP contribution in [0, 0.1) is 0 Å². The first-order valence-electron chi connectivity index (χ1n) is 8.98. The van der Waals surface area contributed by atoms with Crippen LogP contribution in [0.15, 0.2) is 48.5 Å². The molecule has 0 saturated carbocycles. The maximum absolute atomic E-state index is 13.0. The molecule has 8 heteroatoms. The Balaban J connectivity index is 2.36. The second-order valence-electron chi connectivity index (χ2n) is 6.10. The maximum Gasteiger partial charge on any atom is 0.248 e. The summed E-state index contributed by atoms with van der Waals surface area (Å²) in [5, 5.41) is 2.80. The van der Waals surface area contributed by atoms with E-state index < -0.39 is 22.0 Å². The first-order chi connectivity index (χ1) is 13.3. The second-order valence-corrected chi connectivity index (χ2v) is 7.96. The van der Waals surface area contributed by atoms with Gasteiger partial charge in [0.1, 0.15) is 17.5 Å². The van der Waals surface area contributed by atoms with Crippen LogP contribution in [0.4, 0.5) is 11.4 Å². The fourth-order valence-electron chi connectivity index (χ4n) is 2.86. The Kier molecular flexibility index (Phi) is 7.28. The smallest absolute Gasteiger partial charge is 0.248 e. The van der Waals surface area contributed by atoms with E-state index in [2.05, 4.69) is 5.32 Å². The summed E-state index contributed by atoms with van der Waals surface area (Å²) in [6, 6.07) is 12.7. The molecule has 7 nitrogen and oxygen atoms in total. The zero-order valence-corrected chi connectivity index (χ0v) is 17.3. The number of para-hydroxylation sites is 2. The second kappa shape index (κ2) is 9.45. The first-order valence-corrected chi connectivity index (χ1v) is 10.8. The van der Waals surface area contributed by atoms with Gasteiger partial charge < -0.3 is 14.8 Å². The molecule has 2 aromatic rings. The Hall–Kier alpha value is -2.74. The standard InChI is InChI=1S/C20H26N2O5S/c1-5-18(20(23)21-17-9-7-8-10-19(17)27-6-2)22(28(4,24)25)15-11-13-16(26-3)14-12-15/h7-14,18H,5-6H2,1-4H3,(H,21,23)/t18-/m0/s1. The molecule has 0 heterocycles. The van der Waals surface area contributed by atoms with Crippen molar-refractivity contribution in [3.05, 3.63) is 48.5 Å². The molecule has 0 fully saturated rings. The van der Waals surface area contributed by atoms with Crippen LogP contribution in [0.1, 0.15) is 20.3 Å². The first kappa shape index (κ1) is 21.6. The van der Waals surface area contributed by atoms with Crippen molar-refractivity contribution in [1.82, 2.24) is 0 Å². The number of hydrogen-bond acceptors (Lipinski definition) is 5. The van der Waals surface area contributed by atoms with E-state index >= 15 is 0 Å². The number of carbonyl (C=O) groups is 1. The number of rotatable bonds is 9. The van der Waals surface area contributed by atoms with Crippen molar-refractivity contribution in [2.75, 3.05) is 29.6 Å². The van der Waals surface area contributed by atoms with Crippen molar-refractivity contribution in [3.63, 3.8) is 0 Å². The van der Waals surface area contributed by atoms with Gasteiger partial charge in [-0.15, -0.1) is 0 Å². The van der Waals surface area contributed by atoms with Gasteiger partial charge in [-0.25, -0.2) is 8.42 Å². The van der Waals surface area contributed by atoms with Gasteiger partial charge in [0.2, 0.25) is 15.9 Å². The molecule has 0 radical (unpaired) electrons. The van der Waals surface area contributed by atoms with Crippen LogP contribution in [-0.4, -0.2) is 40.3 Å². The minimum absolute atomic E-state index is 0.293. The van der Waals surface area contributed by atoms with Crippen molar-refractivity contribution < 1.29 is 22.7 Å². The minimum atomic E-state index is -3.71. The summed E-state index contributed by atoms with van der Waals surface area (Å²) in [6.45, 7) is 4.06. The van der Waals surface area contributed by atoms with Gasteiger partial charge in [0, 0.05) is 0 Å². The van der Waals surface area contributed by atoms with Crippen LogP contribution in [0.3, 0.4) is 0 Å². The number of nitrogens with zero attached hydrogens (tertiary/aromatic N) is 1. The molecule has 0 aliphatic rings. The summed E-state index contributed by atoms with van der Waals surface area (Å²) in [7, 11) is -2.18. The normalized spacial score (nSPS) is 12.1. The van der Waals surface area contributed by atoms with E-state index in [0.29, 0.717) is 35.9 Å². The number of anilines is 2. The Morgan fingerprint density at radius 1 is 1.11 bits per heavy atom. The number of benzene rings is 2. The third-order valence-electron chi connectivity index (χ3n) is 4.10. The largest absolute Gasteiger partial charge is 0.497 e. The zero-order valence-electron chi connectivity index (χ0n) is 16.5. The Bertz CT molecular complexity index is 897. The maximum atomic E-state index is 13.0. The predicted molar refractivity (Wildman–Crippen MR) is 111 cm³/mol. The molecule has 28 heavy (non-hydrogen) atoms. The molecule has 0 aromatic heterocycles. The molecule has 0 saturated heterocycles. The number of methoxy groups -OCH3 is 1. The molecule has 0 bridgehead atoms. The van der Waals surface area contributed by atoms with E-state index in [1.54, 1.807) is 55.5 Å². The van der Waals surface area contributed by atoms with Gasteiger partial charge in [0.05, 0.1) is 31.3 Å². The van der Waals surface area contributed by atoms with E-state index in [9.17, 15) is 13.2 Å². The van der Waals surface area contributed by atoms with Gasteiger partial charge in [-0.2, -0.15) is 0 Å². The fraction of sp³-hybridized carbons (Fsp3) is 0.350. The molecular formula is C20H26N2O5S. The zero-order chi connectivity index (χ0) is 20.7. The lowest BCUT2D eigenvalue weighted by molar-refractivity contribution is -0.117. The van der Waals surface area contributed by atoms with Gasteiger partial charge in [0.25, 0.3) is 0 Å². The summed E-state index contributed by atoms with van der Waals surface area (Å²) < 4.78 is 36.8. The lowest BCUT2D eigenvalue weighted by Gasteiger charge is -2.30. The molecule has 2 aromatic carbocycles. The summed E-state index contributed by atoms with van der Waals surface area (Å²) in [5.74, 6) is 0.694. The van der Waals surface area contributed by atoms with E-state index in [1.807, 2.05) is 6.92 Å². The van der Waals surface area contributed by atoms with Crippen LogP contribution >= 0.6 is 0 Å². The van der Waals surface area contributed by atoms with Gasteiger partial charge in [0.15, 0.2) is 0 Å². The minimum Gasteiger partial charge on any atom is -0.497 e. The highest BCUT2D eigenvalue weighted by Gasteiger charge is 2.32. The van der Waals surface area contributed by atoms with E-state index in [-0.39, 0.29) is 0 Å². The van der Waals surface area contributed by atoms with Crippen molar-refractivity contribution in [2.24, 2.45) is 0 Å². The third-order valence-corrected chi connectivity index (χ3v) is 5.28. The number of nitrogens with one attached hydrogen (secondary N) is 1. The number of carbonyl (C=O) groups excluding carboxylic acids is 1. The molecule has 1 amide bonds. The Morgan fingerprint density at radius 2 is 1.75 bits per heavy atom. The summed E-state index contributed by atoms with van der Waals surface area (Å²) in [4.78, 5) is 13.0. The van der Waals surface area contributed by atoms with Crippen LogP contribution in [0.5, 0.6) is 11.5 Å². The van der Waals surface area contributed by atoms with Gasteiger partial charge in [-0.3, -0.25) is 9.10 Å². The number of ether oxygens (including phenoxy) is 2. The highest BCUT2D eigenvalue weighted by molar-refractivity contribution is 7.92. The van der Waals surface area contributed by atoms with Gasteiger partial charge >= 0.3 is 0 Å². The molecule has 0 aliphatic carbocycles. The average Bonchev–Trinajstić information content (AvgIpc) is 2.67. The van der Waals surface area contributed by atoms with Gasteiger partial charge in [-0.05, 0) is 49.7 Å². The fourth-order valence-corrected chi connectivity index (χ4v) is 4.07. The molecule has 0 aliphatic heterocycles. The van der Waals surface area contributed by atoms with Crippen LogP contribution in [0.25, 0.3) is 0 Å². The van der Waals surface area contributed by atoms with Crippen LogP contribution in [-0.2, 0) is 14.8 Å². The van der Waals surface area contributed by atoms with E-state index in [0.717, 1.165) is 10.6 Å². The Labute approximate surface area is 166 Å². The molecule has 2 rings (SSSR count). The van der Waals surface area contributed by atoms with Crippen molar-refractivity contribution in [1.29, 1.82) is 0 Å². The predicted octanol–water partition coefficient (Wildman–Crippen LogP) is 3.28. The molecule has 0 unspecified atom stereocenters. The summed E-state index contributed by atoms with van der Waals surface area (Å²) in [5.41, 5.74) is 0.888. The molecule has 1 N–H and O–H groups in total. The number of sulfonamides is 1. The summed E-state index contributed by atoms with van der Waals surface area (Å²) in [6.07, 6.45) is 1.38. The third kappa shape index (κ3) is 5.16. The summed E-state index contributed by atoms with van der Waals surface area (Å²) >= 11 is 0. The topological polar surface area (TPSA) is 84.9 Å². The van der Waals surface area contributed by atoms with Crippen molar-refractivity contribution in [2.45, 2.75) is 26.3 Å². The molecule has 152 valence electrons. The lowest BCUT2D eigenvalue weighted by atomic mass is 10.1.